The SMILES string of the molecule is CCCn1nccc1NC(=O)c1oc2ccccc2c1COc1ccccc1. The summed E-state index contributed by atoms with van der Waals surface area (Å²) < 4.78 is 13.5. The molecule has 0 unspecified atom stereocenters. The fraction of sp³-hybridized carbons (Fsp3) is 0.182. The zero-order valence-corrected chi connectivity index (χ0v) is 15.6. The number of carbonyl (C=O) groups excluding carboxylic acids is 1. The molecule has 2 heterocycles. The van der Waals surface area contributed by atoms with Gasteiger partial charge in [-0.25, -0.2) is 4.68 Å². The number of nitrogens with zero attached hydrogens (tertiary/aromatic N) is 2. The van der Waals surface area contributed by atoms with Crippen LogP contribution in [0.5, 0.6) is 5.75 Å². The summed E-state index contributed by atoms with van der Waals surface area (Å²) in [6.45, 7) is 3.02. The molecule has 0 radical (unpaired) electrons. The van der Waals surface area contributed by atoms with Crippen molar-refractivity contribution < 1.29 is 13.9 Å². The molecule has 1 N–H and O–H groups in total. The standard InChI is InChI=1S/C22H21N3O3/c1-2-14-25-20(12-13-23-25)24-22(26)21-18(15-27-16-8-4-3-5-9-16)17-10-6-7-11-19(17)28-21/h3-13H,2,14-15H2,1H3,(H,24,26). The Morgan fingerprint density at radius 1 is 1.11 bits per heavy atom. The molecule has 0 atom stereocenters. The number of para-hydroxylation sites is 2. The maximum atomic E-state index is 13.0. The quantitative estimate of drug-likeness (QED) is 0.500. The second kappa shape index (κ2) is 8.00. The Morgan fingerprint density at radius 2 is 1.89 bits per heavy atom. The number of ether oxygens (including phenoxy) is 1. The summed E-state index contributed by atoms with van der Waals surface area (Å²) in [4.78, 5) is 13.0. The monoisotopic (exact) mass is 375 g/mol. The lowest BCUT2D eigenvalue weighted by Gasteiger charge is -2.09. The third-order valence-electron chi connectivity index (χ3n) is 4.42. The van der Waals surface area contributed by atoms with Gasteiger partial charge in [0.1, 0.15) is 23.8 Å². The number of aryl methyl sites for hydroxylation is 1. The molecule has 6 heteroatoms. The topological polar surface area (TPSA) is 69.3 Å². The van der Waals surface area contributed by atoms with E-state index in [1.807, 2.05) is 54.6 Å². The Balaban J connectivity index is 1.63. The molecular formula is C22H21N3O3. The number of nitrogens with one attached hydrogen (secondary N) is 1. The molecular weight excluding hydrogens is 354 g/mol. The van der Waals surface area contributed by atoms with Crippen molar-refractivity contribution >= 4 is 22.7 Å². The van der Waals surface area contributed by atoms with Crippen molar-refractivity contribution in [1.29, 1.82) is 0 Å². The maximum Gasteiger partial charge on any atom is 0.292 e. The number of furan rings is 1. The molecule has 2 aromatic heterocycles. The molecule has 0 aliphatic heterocycles. The highest BCUT2D eigenvalue weighted by Gasteiger charge is 2.22. The lowest BCUT2D eigenvalue weighted by molar-refractivity contribution is 0.0994. The first-order valence-corrected chi connectivity index (χ1v) is 9.27. The summed E-state index contributed by atoms with van der Waals surface area (Å²) >= 11 is 0. The van der Waals surface area contributed by atoms with E-state index in [1.165, 1.54) is 0 Å². The number of fused-ring (bicyclic) bond motifs is 1. The molecule has 0 spiro atoms. The van der Waals surface area contributed by atoms with Gasteiger partial charge in [-0.2, -0.15) is 5.10 Å². The average molecular weight is 375 g/mol. The van der Waals surface area contributed by atoms with E-state index in [2.05, 4.69) is 17.3 Å². The second-order valence-corrected chi connectivity index (χ2v) is 6.40. The van der Waals surface area contributed by atoms with E-state index in [0.29, 0.717) is 11.4 Å². The number of aromatic nitrogens is 2. The van der Waals surface area contributed by atoms with Crippen LogP contribution in [0.3, 0.4) is 0 Å². The summed E-state index contributed by atoms with van der Waals surface area (Å²) in [5.41, 5.74) is 1.37. The number of carbonyl (C=O) groups is 1. The number of hydrogen-bond donors (Lipinski definition) is 1. The van der Waals surface area contributed by atoms with E-state index < -0.39 is 0 Å². The predicted molar refractivity (Wildman–Crippen MR) is 107 cm³/mol. The highest BCUT2D eigenvalue weighted by molar-refractivity contribution is 6.06. The minimum atomic E-state index is -0.319. The van der Waals surface area contributed by atoms with E-state index in [-0.39, 0.29) is 18.3 Å². The Labute approximate surface area is 162 Å². The summed E-state index contributed by atoms with van der Waals surface area (Å²) in [6.07, 6.45) is 2.59. The number of amides is 1. The first kappa shape index (κ1) is 17.9. The van der Waals surface area contributed by atoms with Crippen LogP contribution < -0.4 is 10.1 Å². The Morgan fingerprint density at radius 3 is 2.71 bits per heavy atom. The molecule has 0 fully saturated rings. The smallest absolute Gasteiger partial charge is 0.292 e. The molecule has 0 bridgehead atoms. The number of benzene rings is 2. The molecule has 0 saturated carbocycles. The molecule has 0 saturated heterocycles. The van der Waals surface area contributed by atoms with Crippen LogP contribution in [0.25, 0.3) is 11.0 Å². The molecule has 1 amide bonds. The zero-order chi connectivity index (χ0) is 19.3. The van der Waals surface area contributed by atoms with Gasteiger partial charge in [0.15, 0.2) is 5.76 Å². The van der Waals surface area contributed by atoms with Gasteiger partial charge in [0.2, 0.25) is 0 Å². The van der Waals surface area contributed by atoms with Crippen LogP contribution in [0.2, 0.25) is 0 Å². The molecule has 0 aliphatic rings. The van der Waals surface area contributed by atoms with Crippen molar-refractivity contribution in [3.05, 3.63) is 78.2 Å². The minimum absolute atomic E-state index is 0.234. The second-order valence-electron chi connectivity index (χ2n) is 6.40. The largest absolute Gasteiger partial charge is 0.489 e. The van der Waals surface area contributed by atoms with Crippen LogP contribution in [0.1, 0.15) is 29.5 Å². The number of rotatable bonds is 7. The lowest BCUT2D eigenvalue weighted by atomic mass is 10.1. The first-order chi connectivity index (χ1) is 13.8. The van der Waals surface area contributed by atoms with Gasteiger partial charge in [0.05, 0.1) is 6.20 Å². The van der Waals surface area contributed by atoms with E-state index >= 15 is 0 Å². The molecule has 0 aliphatic carbocycles. The van der Waals surface area contributed by atoms with Crippen LogP contribution in [0, 0.1) is 0 Å². The normalized spacial score (nSPS) is 10.9. The van der Waals surface area contributed by atoms with Gasteiger partial charge in [-0.3, -0.25) is 4.79 Å². The van der Waals surface area contributed by atoms with Crippen molar-refractivity contribution in [1.82, 2.24) is 9.78 Å². The highest BCUT2D eigenvalue weighted by Crippen LogP contribution is 2.28. The summed E-state index contributed by atoms with van der Waals surface area (Å²) in [5.74, 6) is 1.31. The summed E-state index contributed by atoms with van der Waals surface area (Å²) in [5, 5.41) is 8.01. The average Bonchev–Trinajstić information content (AvgIpc) is 3.32. The van der Waals surface area contributed by atoms with Crippen LogP contribution in [0.15, 0.2) is 71.3 Å². The fourth-order valence-electron chi connectivity index (χ4n) is 3.10. The number of anilines is 1. The number of hydrogen-bond acceptors (Lipinski definition) is 4. The van der Waals surface area contributed by atoms with Gasteiger partial charge in [-0.05, 0) is 24.6 Å². The first-order valence-electron chi connectivity index (χ1n) is 9.27. The van der Waals surface area contributed by atoms with Gasteiger partial charge in [0, 0.05) is 23.6 Å². The Bertz CT molecular complexity index is 1080. The van der Waals surface area contributed by atoms with Crippen LogP contribution in [-0.4, -0.2) is 15.7 Å². The third-order valence-corrected chi connectivity index (χ3v) is 4.42. The van der Waals surface area contributed by atoms with E-state index in [1.54, 1.807) is 16.9 Å². The molecule has 4 rings (SSSR count). The summed E-state index contributed by atoms with van der Waals surface area (Å²) in [6, 6.07) is 18.9. The molecule has 6 nitrogen and oxygen atoms in total. The Hall–Kier alpha value is -3.54. The van der Waals surface area contributed by atoms with E-state index in [9.17, 15) is 4.79 Å². The zero-order valence-electron chi connectivity index (χ0n) is 15.6. The van der Waals surface area contributed by atoms with Gasteiger partial charge in [-0.1, -0.05) is 43.3 Å². The maximum absolute atomic E-state index is 13.0. The Kier molecular flexibility index (Phi) is 5.10. The van der Waals surface area contributed by atoms with Crippen molar-refractivity contribution in [2.24, 2.45) is 0 Å². The fourth-order valence-corrected chi connectivity index (χ4v) is 3.10. The molecule has 28 heavy (non-hydrogen) atoms. The van der Waals surface area contributed by atoms with E-state index in [4.69, 9.17) is 9.15 Å². The lowest BCUT2D eigenvalue weighted by Crippen LogP contribution is -2.17. The third kappa shape index (κ3) is 3.62. The predicted octanol–water partition coefficient (Wildman–Crippen LogP) is 4.87. The molecule has 4 aromatic rings. The van der Waals surface area contributed by atoms with Crippen molar-refractivity contribution in [2.75, 3.05) is 5.32 Å². The van der Waals surface area contributed by atoms with Gasteiger partial charge in [0.25, 0.3) is 5.91 Å². The summed E-state index contributed by atoms with van der Waals surface area (Å²) in [7, 11) is 0. The van der Waals surface area contributed by atoms with Crippen molar-refractivity contribution in [3.8, 4) is 5.75 Å². The van der Waals surface area contributed by atoms with Crippen molar-refractivity contribution in [3.63, 3.8) is 0 Å². The van der Waals surface area contributed by atoms with Gasteiger partial charge in [-0.15, -0.1) is 0 Å². The molecule has 2 aromatic carbocycles. The van der Waals surface area contributed by atoms with Crippen LogP contribution in [-0.2, 0) is 13.2 Å². The van der Waals surface area contributed by atoms with E-state index in [0.717, 1.165) is 29.7 Å². The van der Waals surface area contributed by atoms with Crippen LogP contribution >= 0.6 is 0 Å². The minimum Gasteiger partial charge on any atom is -0.489 e. The van der Waals surface area contributed by atoms with Crippen molar-refractivity contribution in [2.45, 2.75) is 26.5 Å². The molecule has 142 valence electrons. The van der Waals surface area contributed by atoms with Gasteiger partial charge < -0.3 is 14.5 Å². The van der Waals surface area contributed by atoms with Gasteiger partial charge >= 0.3 is 0 Å². The van der Waals surface area contributed by atoms with Crippen LogP contribution in [0.4, 0.5) is 5.82 Å². The highest BCUT2D eigenvalue weighted by atomic mass is 16.5.